The second kappa shape index (κ2) is 3.81. The molecule has 1 rings (SSSR count). The van der Waals surface area contributed by atoms with Crippen molar-refractivity contribution >= 4 is 11.5 Å². The van der Waals surface area contributed by atoms with Gasteiger partial charge in [-0.1, -0.05) is 6.58 Å². The monoisotopic (exact) mass is 211 g/mol. The van der Waals surface area contributed by atoms with Crippen LogP contribution < -0.4 is 5.73 Å². The Hall–Kier alpha value is -1.71. The molecule has 0 heterocycles. The molecule has 2 N–H and O–H groups in total. The van der Waals surface area contributed by atoms with Crippen LogP contribution in [0.2, 0.25) is 0 Å². The van der Waals surface area contributed by atoms with Crippen molar-refractivity contribution < 1.29 is 13.6 Å². The van der Waals surface area contributed by atoms with Crippen LogP contribution >= 0.6 is 0 Å². The van der Waals surface area contributed by atoms with Crippen molar-refractivity contribution in [3.63, 3.8) is 0 Å². The van der Waals surface area contributed by atoms with Crippen LogP contribution in [0.25, 0.3) is 5.57 Å². The summed E-state index contributed by atoms with van der Waals surface area (Å²) in [4.78, 5) is 10.9. The summed E-state index contributed by atoms with van der Waals surface area (Å²) in [6.45, 7) is 6.41. The van der Waals surface area contributed by atoms with E-state index in [-0.39, 0.29) is 16.7 Å². The van der Waals surface area contributed by atoms with E-state index in [1.54, 1.807) is 6.92 Å². The molecule has 0 saturated heterocycles. The highest BCUT2D eigenvalue weighted by molar-refractivity contribution is 6.18. The van der Waals surface area contributed by atoms with Gasteiger partial charge in [-0.2, -0.15) is 0 Å². The Labute approximate surface area is 86.4 Å². The Morgan fingerprint density at radius 3 is 2.40 bits per heavy atom. The van der Waals surface area contributed by atoms with Crippen LogP contribution in [0.4, 0.5) is 8.78 Å². The lowest BCUT2D eigenvalue weighted by Gasteiger charge is -2.11. The average molecular weight is 211 g/mol. The molecule has 2 nitrogen and oxygen atoms in total. The van der Waals surface area contributed by atoms with Crippen LogP contribution in [0.15, 0.2) is 12.6 Å². The summed E-state index contributed by atoms with van der Waals surface area (Å²) in [5.41, 5.74) is 5.80. The van der Waals surface area contributed by atoms with Crippen molar-refractivity contribution in [3.05, 3.63) is 41.0 Å². The molecule has 80 valence electrons. The fraction of sp³-hybridized carbons (Fsp3) is 0.182. The number of amides is 1. The second-order valence-corrected chi connectivity index (χ2v) is 3.33. The normalized spacial score (nSPS) is 10.1. The maximum absolute atomic E-state index is 13.2. The van der Waals surface area contributed by atoms with Gasteiger partial charge in [-0.15, -0.1) is 0 Å². The van der Waals surface area contributed by atoms with Crippen molar-refractivity contribution in [2.24, 2.45) is 5.73 Å². The zero-order valence-corrected chi connectivity index (χ0v) is 8.53. The number of nitrogens with two attached hydrogens (primary N) is 1. The summed E-state index contributed by atoms with van der Waals surface area (Å²) >= 11 is 0. The van der Waals surface area contributed by atoms with Crippen molar-refractivity contribution in [1.82, 2.24) is 0 Å². The van der Waals surface area contributed by atoms with Crippen LogP contribution in [0.3, 0.4) is 0 Å². The van der Waals surface area contributed by atoms with E-state index in [2.05, 4.69) is 6.58 Å². The lowest BCUT2D eigenvalue weighted by Crippen LogP contribution is -2.14. The number of hydrogen-bond donors (Lipinski definition) is 1. The molecule has 0 radical (unpaired) electrons. The molecule has 0 aliphatic heterocycles. The predicted molar refractivity (Wildman–Crippen MR) is 54.1 cm³/mol. The van der Waals surface area contributed by atoms with Gasteiger partial charge in [0.1, 0.15) is 0 Å². The lowest BCUT2D eigenvalue weighted by atomic mass is 9.95. The van der Waals surface area contributed by atoms with Crippen LogP contribution in [-0.4, -0.2) is 5.91 Å². The van der Waals surface area contributed by atoms with E-state index in [1.807, 2.05) is 0 Å². The summed E-state index contributed by atoms with van der Waals surface area (Å²) in [5, 5.41) is 0. The van der Waals surface area contributed by atoms with Gasteiger partial charge in [0.15, 0.2) is 11.6 Å². The molecule has 0 aliphatic carbocycles. The molecule has 0 aromatic heterocycles. The number of carbonyl (C=O) groups is 1. The smallest absolute Gasteiger partial charge is 0.248 e. The highest BCUT2D eigenvalue weighted by atomic mass is 19.2. The predicted octanol–water partition coefficient (Wildman–Crippen LogP) is 2.08. The molecule has 0 atom stereocenters. The molecule has 0 saturated carbocycles. The number of primary amides is 1. The number of hydrogen-bond acceptors (Lipinski definition) is 1. The molecular weight excluding hydrogens is 200 g/mol. The molecule has 0 fully saturated rings. The summed E-state index contributed by atoms with van der Waals surface area (Å²) in [7, 11) is 0. The van der Waals surface area contributed by atoms with Crippen molar-refractivity contribution in [1.29, 1.82) is 0 Å². The molecule has 1 amide bonds. The average Bonchev–Trinajstić information content (AvgIpc) is 2.14. The molecule has 0 unspecified atom stereocenters. The first-order valence-electron chi connectivity index (χ1n) is 4.30. The van der Waals surface area contributed by atoms with E-state index in [0.29, 0.717) is 5.56 Å². The highest BCUT2D eigenvalue weighted by Crippen LogP contribution is 2.25. The van der Waals surface area contributed by atoms with Gasteiger partial charge in [0.25, 0.3) is 0 Å². The number of halogens is 2. The number of rotatable bonds is 2. The van der Waals surface area contributed by atoms with Gasteiger partial charge in [0.05, 0.1) is 0 Å². The van der Waals surface area contributed by atoms with Crippen LogP contribution in [0.5, 0.6) is 0 Å². The fourth-order valence-electron chi connectivity index (χ4n) is 1.50. The van der Waals surface area contributed by atoms with Crippen molar-refractivity contribution in [3.8, 4) is 0 Å². The first kappa shape index (κ1) is 11.4. The molecule has 15 heavy (non-hydrogen) atoms. The zero-order valence-electron chi connectivity index (χ0n) is 8.53. The molecule has 0 bridgehead atoms. The number of carbonyl (C=O) groups excluding carboxylic acids is 1. The molecule has 1 aromatic carbocycles. The maximum atomic E-state index is 13.2. The summed E-state index contributed by atoms with van der Waals surface area (Å²) < 4.78 is 26.2. The second-order valence-electron chi connectivity index (χ2n) is 3.33. The molecular formula is C11H11F2NO. The Morgan fingerprint density at radius 1 is 1.40 bits per heavy atom. The highest BCUT2D eigenvalue weighted by Gasteiger charge is 2.17. The van der Waals surface area contributed by atoms with Crippen molar-refractivity contribution in [2.75, 3.05) is 0 Å². The first-order chi connectivity index (χ1) is 6.86. The Balaban J connectivity index is 3.49. The third-order valence-electron chi connectivity index (χ3n) is 2.25. The third kappa shape index (κ3) is 1.88. The summed E-state index contributed by atoms with van der Waals surface area (Å²) in [6, 6.07) is 1.02. The van der Waals surface area contributed by atoms with E-state index in [1.165, 1.54) is 6.92 Å². The van der Waals surface area contributed by atoms with E-state index < -0.39 is 17.5 Å². The quantitative estimate of drug-likeness (QED) is 0.748. The minimum absolute atomic E-state index is 0.0103. The minimum atomic E-state index is -0.974. The zero-order chi connectivity index (χ0) is 11.7. The van der Waals surface area contributed by atoms with Crippen LogP contribution in [-0.2, 0) is 4.79 Å². The van der Waals surface area contributed by atoms with E-state index in [9.17, 15) is 13.6 Å². The Kier molecular flexibility index (Phi) is 2.88. The van der Waals surface area contributed by atoms with Gasteiger partial charge < -0.3 is 5.73 Å². The van der Waals surface area contributed by atoms with Gasteiger partial charge in [0.2, 0.25) is 5.91 Å². The Bertz CT molecular complexity index is 452. The first-order valence-corrected chi connectivity index (χ1v) is 4.30. The molecule has 1 aromatic rings. The third-order valence-corrected chi connectivity index (χ3v) is 2.25. The fourth-order valence-corrected chi connectivity index (χ4v) is 1.50. The molecule has 0 spiro atoms. The number of benzene rings is 1. The van der Waals surface area contributed by atoms with E-state index >= 15 is 0 Å². The van der Waals surface area contributed by atoms with Gasteiger partial charge >= 0.3 is 0 Å². The van der Waals surface area contributed by atoms with Crippen molar-refractivity contribution in [2.45, 2.75) is 13.8 Å². The van der Waals surface area contributed by atoms with E-state index in [0.717, 1.165) is 6.07 Å². The van der Waals surface area contributed by atoms with Gasteiger partial charge in [0, 0.05) is 5.57 Å². The standard InChI is InChI=1S/C11H11F2NO/c1-5-4-8(12)10(13)6(2)9(5)7(3)11(14)15/h4H,3H2,1-2H3,(H2,14,15). The summed E-state index contributed by atoms with van der Waals surface area (Å²) in [5.74, 6) is -2.66. The van der Waals surface area contributed by atoms with Gasteiger partial charge in [-0.3, -0.25) is 4.79 Å². The minimum Gasteiger partial charge on any atom is -0.366 e. The maximum Gasteiger partial charge on any atom is 0.248 e. The Morgan fingerprint density at radius 2 is 1.93 bits per heavy atom. The summed E-state index contributed by atoms with van der Waals surface area (Å²) in [6.07, 6.45) is 0. The number of aryl methyl sites for hydroxylation is 1. The SMILES string of the molecule is C=C(C(N)=O)c1c(C)cc(F)c(F)c1C. The van der Waals surface area contributed by atoms with Gasteiger partial charge in [-0.05, 0) is 36.6 Å². The topological polar surface area (TPSA) is 43.1 Å². The van der Waals surface area contributed by atoms with Crippen LogP contribution in [0.1, 0.15) is 16.7 Å². The largest absolute Gasteiger partial charge is 0.366 e. The van der Waals surface area contributed by atoms with E-state index in [4.69, 9.17) is 5.73 Å². The molecule has 4 heteroatoms. The molecule has 0 aliphatic rings. The van der Waals surface area contributed by atoms with Gasteiger partial charge in [-0.25, -0.2) is 8.78 Å². The van der Waals surface area contributed by atoms with Crippen LogP contribution in [0, 0.1) is 25.5 Å². The lowest BCUT2D eigenvalue weighted by molar-refractivity contribution is -0.112.